The molecule has 0 aliphatic carbocycles. The van der Waals surface area contributed by atoms with Crippen molar-refractivity contribution in [2.75, 3.05) is 38.2 Å². The van der Waals surface area contributed by atoms with Gasteiger partial charge in [0, 0.05) is 51.2 Å². The third kappa shape index (κ3) is 4.98. The molecule has 1 fully saturated rings. The van der Waals surface area contributed by atoms with Crippen LogP contribution in [0.2, 0.25) is 0 Å². The van der Waals surface area contributed by atoms with E-state index < -0.39 is 0 Å². The fraction of sp³-hybridized carbons (Fsp3) is 0.542. The Kier molecular flexibility index (Phi) is 7.08. The second kappa shape index (κ2) is 9.56. The second-order valence-corrected chi connectivity index (χ2v) is 8.53. The minimum absolute atomic E-state index is 0.0333. The number of hydrogen-bond acceptors (Lipinski definition) is 5. The lowest BCUT2D eigenvalue weighted by atomic mass is 9.97. The number of ether oxygens (including phenoxy) is 1. The van der Waals surface area contributed by atoms with Crippen LogP contribution in [-0.4, -0.2) is 54.1 Å². The van der Waals surface area contributed by atoms with E-state index in [1.807, 2.05) is 25.7 Å². The molecule has 1 aliphatic heterocycles. The van der Waals surface area contributed by atoms with E-state index >= 15 is 0 Å². The molecular weight excluding hydrogens is 376 g/mol. The second-order valence-electron chi connectivity index (χ2n) is 8.53. The molecule has 0 atom stereocenters. The van der Waals surface area contributed by atoms with E-state index in [1.54, 1.807) is 7.11 Å². The molecule has 0 spiro atoms. The van der Waals surface area contributed by atoms with Crippen molar-refractivity contribution in [1.82, 2.24) is 14.9 Å². The minimum Gasteiger partial charge on any atom is -0.378 e. The lowest BCUT2D eigenvalue weighted by Gasteiger charge is -2.37. The molecule has 1 aromatic carbocycles. The summed E-state index contributed by atoms with van der Waals surface area (Å²) in [6.45, 7) is 13.6. The van der Waals surface area contributed by atoms with E-state index in [1.165, 1.54) is 16.7 Å². The molecule has 0 radical (unpaired) electrons. The molecule has 1 aromatic heterocycles. The molecule has 2 aromatic rings. The van der Waals surface area contributed by atoms with Crippen LogP contribution in [0.25, 0.3) is 0 Å². The van der Waals surface area contributed by atoms with Crippen LogP contribution in [0, 0.1) is 26.7 Å². The smallest absolute Gasteiger partial charge is 0.225 e. The maximum atomic E-state index is 12.4. The third-order valence-corrected chi connectivity index (χ3v) is 5.72. The molecule has 6 nitrogen and oxygen atoms in total. The number of anilines is 1. The summed E-state index contributed by atoms with van der Waals surface area (Å²) >= 11 is 0. The summed E-state index contributed by atoms with van der Waals surface area (Å²) in [5.41, 5.74) is 5.87. The normalized spacial score (nSPS) is 14.5. The summed E-state index contributed by atoms with van der Waals surface area (Å²) in [5.74, 6) is 1.99. The van der Waals surface area contributed by atoms with E-state index in [9.17, 15) is 4.79 Å². The number of nitrogens with zero attached hydrogens (tertiary/aromatic N) is 4. The van der Waals surface area contributed by atoms with Gasteiger partial charge in [-0.15, -0.1) is 0 Å². The van der Waals surface area contributed by atoms with Crippen molar-refractivity contribution in [3.8, 4) is 0 Å². The SMILES string of the molecule is COCc1nc(C)nc(N2CCN(C(=O)C(C)C)CC2)c1Cc1cc(C)ccc1C. The molecule has 1 aliphatic rings. The molecule has 30 heavy (non-hydrogen) atoms. The average molecular weight is 411 g/mol. The highest BCUT2D eigenvalue weighted by atomic mass is 16.5. The van der Waals surface area contributed by atoms with Crippen molar-refractivity contribution < 1.29 is 9.53 Å². The van der Waals surface area contributed by atoms with Gasteiger partial charge in [0.1, 0.15) is 11.6 Å². The first kappa shape index (κ1) is 22.2. The quantitative estimate of drug-likeness (QED) is 0.730. The first-order valence-corrected chi connectivity index (χ1v) is 10.7. The molecule has 0 bridgehead atoms. The Bertz CT molecular complexity index is 902. The lowest BCUT2D eigenvalue weighted by Crippen LogP contribution is -2.50. The highest BCUT2D eigenvalue weighted by Crippen LogP contribution is 2.27. The number of piperazine rings is 1. The van der Waals surface area contributed by atoms with Gasteiger partial charge in [-0.1, -0.05) is 37.6 Å². The predicted molar refractivity (Wildman–Crippen MR) is 120 cm³/mol. The van der Waals surface area contributed by atoms with Crippen molar-refractivity contribution in [3.05, 3.63) is 52.0 Å². The summed E-state index contributed by atoms with van der Waals surface area (Å²) in [5, 5.41) is 0. The van der Waals surface area contributed by atoms with Gasteiger partial charge in [0.05, 0.1) is 12.3 Å². The van der Waals surface area contributed by atoms with Crippen LogP contribution >= 0.6 is 0 Å². The summed E-state index contributed by atoms with van der Waals surface area (Å²) in [6.07, 6.45) is 0.771. The molecule has 3 rings (SSSR count). The highest BCUT2D eigenvalue weighted by Gasteiger charge is 2.26. The van der Waals surface area contributed by atoms with Crippen molar-refractivity contribution in [1.29, 1.82) is 0 Å². The average Bonchev–Trinajstić information content (AvgIpc) is 2.72. The number of rotatable bonds is 6. The Hall–Kier alpha value is -2.47. The van der Waals surface area contributed by atoms with Crippen LogP contribution in [0.1, 0.15) is 47.6 Å². The van der Waals surface area contributed by atoms with Crippen molar-refractivity contribution in [2.24, 2.45) is 5.92 Å². The fourth-order valence-corrected chi connectivity index (χ4v) is 4.02. The summed E-state index contributed by atoms with van der Waals surface area (Å²) in [6, 6.07) is 6.56. The molecule has 162 valence electrons. The Morgan fingerprint density at radius 3 is 2.43 bits per heavy atom. The number of amides is 1. The number of hydrogen-bond donors (Lipinski definition) is 0. The van der Waals surface area contributed by atoms with Gasteiger partial charge >= 0.3 is 0 Å². The van der Waals surface area contributed by atoms with E-state index in [2.05, 4.69) is 36.9 Å². The van der Waals surface area contributed by atoms with Crippen molar-refractivity contribution >= 4 is 11.7 Å². The standard InChI is InChI=1S/C24H34N4O2/c1-16(2)24(29)28-11-9-27(10-12-28)23-21(22(15-30-6)25-19(5)26-23)14-20-13-17(3)7-8-18(20)4/h7-8,13,16H,9-12,14-15H2,1-6H3. The molecule has 6 heteroatoms. The van der Waals surface area contributed by atoms with Crippen molar-refractivity contribution in [2.45, 2.75) is 47.6 Å². The maximum Gasteiger partial charge on any atom is 0.225 e. The Balaban J connectivity index is 1.94. The largest absolute Gasteiger partial charge is 0.378 e. The summed E-state index contributed by atoms with van der Waals surface area (Å²) < 4.78 is 5.47. The van der Waals surface area contributed by atoms with Gasteiger partial charge < -0.3 is 14.5 Å². The minimum atomic E-state index is 0.0333. The van der Waals surface area contributed by atoms with Crippen LogP contribution in [0.3, 0.4) is 0 Å². The number of aromatic nitrogens is 2. The van der Waals surface area contributed by atoms with Gasteiger partial charge in [0.15, 0.2) is 0 Å². The molecule has 0 saturated carbocycles. The maximum absolute atomic E-state index is 12.4. The van der Waals surface area contributed by atoms with E-state index in [0.29, 0.717) is 6.61 Å². The molecular formula is C24H34N4O2. The van der Waals surface area contributed by atoms with E-state index in [4.69, 9.17) is 14.7 Å². The van der Waals surface area contributed by atoms with Crippen LogP contribution in [0.15, 0.2) is 18.2 Å². The van der Waals surface area contributed by atoms with Gasteiger partial charge in [-0.3, -0.25) is 4.79 Å². The van der Waals surface area contributed by atoms with Crippen LogP contribution in [-0.2, 0) is 22.6 Å². The highest BCUT2D eigenvalue weighted by molar-refractivity contribution is 5.78. The lowest BCUT2D eigenvalue weighted by molar-refractivity contribution is -0.134. The number of aryl methyl sites for hydroxylation is 3. The van der Waals surface area contributed by atoms with Crippen LogP contribution in [0.4, 0.5) is 5.82 Å². The van der Waals surface area contributed by atoms with Crippen molar-refractivity contribution in [3.63, 3.8) is 0 Å². The zero-order valence-electron chi connectivity index (χ0n) is 19.2. The number of methoxy groups -OCH3 is 1. The Morgan fingerprint density at radius 2 is 1.80 bits per heavy atom. The molecule has 1 amide bonds. The van der Waals surface area contributed by atoms with Crippen LogP contribution in [0.5, 0.6) is 0 Å². The molecule has 2 heterocycles. The summed E-state index contributed by atoms with van der Waals surface area (Å²) in [7, 11) is 1.70. The molecule has 1 saturated heterocycles. The van der Waals surface area contributed by atoms with Crippen LogP contribution < -0.4 is 4.90 Å². The van der Waals surface area contributed by atoms with E-state index in [-0.39, 0.29) is 11.8 Å². The van der Waals surface area contributed by atoms with Gasteiger partial charge in [-0.05, 0) is 31.9 Å². The topological polar surface area (TPSA) is 58.6 Å². The van der Waals surface area contributed by atoms with E-state index in [0.717, 1.165) is 55.5 Å². The van der Waals surface area contributed by atoms with Gasteiger partial charge in [-0.2, -0.15) is 0 Å². The number of carbonyl (C=O) groups excluding carboxylic acids is 1. The van der Waals surface area contributed by atoms with Gasteiger partial charge in [0.25, 0.3) is 0 Å². The predicted octanol–water partition coefficient (Wildman–Crippen LogP) is 3.44. The van der Waals surface area contributed by atoms with Gasteiger partial charge in [-0.25, -0.2) is 9.97 Å². The number of benzene rings is 1. The monoisotopic (exact) mass is 410 g/mol. The van der Waals surface area contributed by atoms with Gasteiger partial charge in [0.2, 0.25) is 5.91 Å². The summed E-state index contributed by atoms with van der Waals surface area (Å²) in [4.78, 5) is 26.2. The first-order valence-electron chi connectivity index (χ1n) is 10.7. The zero-order chi connectivity index (χ0) is 21.8. The Labute approximate surface area is 180 Å². The number of carbonyl (C=O) groups is 1. The zero-order valence-corrected chi connectivity index (χ0v) is 19.2. The Morgan fingerprint density at radius 1 is 1.10 bits per heavy atom. The fourth-order valence-electron chi connectivity index (χ4n) is 4.02. The molecule has 0 N–H and O–H groups in total. The first-order chi connectivity index (χ1) is 14.3. The third-order valence-electron chi connectivity index (χ3n) is 5.72. The molecule has 0 unspecified atom stereocenters.